The Kier molecular flexibility index (Phi) is 2.72. The lowest BCUT2D eigenvalue weighted by Gasteiger charge is -2.10. The van der Waals surface area contributed by atoms with Crippen molar-refractivity contribution in [2.24, 2.45) is 0 Å². The van der Waals surface area contributed by atoms with Crippen LogP contribution in [0, 0.1) is 0 Å². The highest BCUT2D eigenvalue weighted by atomic mass is 16.3. The first-order valence-electron chi connectivity index (χ1n) is 6.82. The van der Waals surface area contributed by atoms with E-state index in [2.05, 4.69) is 4.98 Å². The Morgan fingerprint density at radius 1 is 1.00 bits per heavy atom. The van der Waals surface area contributed by atoms with E-state index in [4.69, 9.17) is 4.42 Å². The quantitative estimate of drug-likeness (QED) is 0.600. The molecule has 0 spiro atoms. The molecule has 21 heavy (non-hydrogen) atoms. The van der Waals surface area contributed by atoms with Gasteiger partial charge in [-0.15, -0.1) is 0 Å². The fourth-order valence-corrected chi connectivity index (χ4v) is 2.64. The van der Waals surface area contributed by atoms with Crippen LogP contribution >= 0.6 is 0 Å². The third kappa shape index (κ3) is 1.99. The summed E-state index contributed by atoms with van der Waals surface area (Å²) in [7, 11) is 0. The molecular weight excluding hydrogens is 262 g/mol. The van der Waals surface area contributed by atoms with E-state index in [0.717, 1.165) is 33.0 Å². The smallest absolute Gasteiger partial charge is 0.134 e. The highest BCUT2D eigenvalue weighted by Crippen LogP contribution is 2.31. The lowest BCUT2D eigenvalue weighted by Crippen LogP contribution is -1.98. The molecule has 0 aliphatic carbocycles. The van der Waals surface area contributed by atoms with Crippen molar-refractivity contribution < 1.29 is 9.52 Å². The van der Waals surface area contributed by atoms with Gasteiger partial charge in [-0.3, -0.25) is 4.98 Å². The SMILES string of the molecule is OC(c1ccc2cccnc2c1)c1coc2ccccc12. The van der Waals surface area contributed by atoms with Crippen LogP contribution in [-0.4, -0.2) is 10.1 Å². The Morgan fingerprint density at radius 3 is 2.86 bits per heavy atom. The van der Waals surface area contributed by atoms with Crippen LogP contribution in [0.1, 0.15) is 17.2 Å². The molecule has 3 heteroatoms. The largest absolute Gasteiger partial charge is 0.464 e. The summed E-state index contributed by atoms with van der Waals surface area (Å²) >= 11 is 0. The van der Waals surface area contributed by atoms with Crippen LogP contribution in [0.3, 0.4) is 0 Å². The van der Waals surface area contributed by atoms with Crippen molar-refractivity contribution >= 4 is 21.9 Å². The molecule has 0 bridgehead atoms. The van der Waals surface area contributed by atoms with Gasteiger partial charge in [0.2, 0.25) is 0 Å². The summed E-state index contributed by atoms with van der Waals surface area (Å²) < 4.78 is 5.50. The van der Waals surface area contributed by atoms with Crippen molar-refractivity contribution in [3.63, 3.8) is 0 Å². The molecule has 3 nitrogen and oxygen atoms in total. The maximum atomic E-state index is 10.7. The number of furan rings is 1. The van der Waals surface area contributed by atoms with Crippen molar-refractivity contribution in [1.82, 2.24) is 4.98 Å². The molecule has 102 valence electrons. The van der Waals surface area contributed by atoms with E-state index in [1.54, 1.807) is 12.5 Å². The van der Waals surface area contributed by atoms with Gasteiger partial charge in [0.05, 0.1) is 11.8 Å². The summed E-state index contributed by atoms with van der Waals surface area (Å²) in [5, 5.41) is 12.6. The minimum atomic E-state index is -0.722. The van der Waals surface area contributed by atoms with Crippen LogP contribution in [0.25, 0.3) is 21.9 Å². The van der Waals surface area contributed by atoms with Gasteiger partial charge < -0.3 is 9.52 Å². The maximum absolute atomic E-state index is 10.7. The zero-order valence-corrected chi connectivity index (χ0v) is 11.2. The van der Waals surface area contributed by atoms with Gasteiger partial charge in [-0.2, -0.15) is 0 Å². The number of pyridine rings is 1. The van der Waals surface area contributed by atoms with Crippen LogP contribution in [0.4, 0.5) is 0 Å². The normalized spacial score (nSPS) is 12.8. The van der Waals surface area contributed by atoms with Crippen molar-refractivity contribution in [1.29, 1.82) is 0 Å². The highest BCUT2D eigenvalue weighted by molar-refractivity contribution is 5.83. The lowest BCUT2D eigenvalue weighted by molar-refractivity contribution is 0.220. The van der Waals surface area contributed by atoms with Gasteiger partial charge in [0, 0.05) is 22.5 Å². The number of fused-ring (bicyclic) bond motifs is 2. The summed E-state index contributed by atoms with van der Waals surface area (Å²) in [6, 6.07) is 17.4. The molecule has 2 heterocycles. The van der Waals surface area contributed by atoms with Crippen LogP contribution < -0.4 is 0 Å². The minimum Gasteiger partial charge on any atom is -0.464 e. The minimum absolute atomic E-state index is 0.722. The number of hydrogen-bond acceptors (Lipinski definition) is 3. The standard InChI is InChI=1S/C18H13NO2/c20-18(15-11-21-17-6-2-1-5-14(15)17)13-8-7-12-4-3-9-19-16(12)10-13/h1-11,18,20H. The van der Waals surface area contributed by atoms with E-state index >= 15 is 0 Å². The maximum Gasteiger partial charge on any atom is 0.134 e. The summed E-state index contributed by atoms with van der Waals surface area (Å²) in [4.78, 5) is 4.33. The van der Waals surface area contributed by atoms with E-state index in [1.807, 2.05) is 54.6 Å². The van der Waals surface area contributed by atoms with E-state index < -0.39 is 6.10 Å². The predicted molar refractivity (Wildman–Crippen MR) is 82.0 cm³/mol. The average molecular weight is 275 g/mol. The zero-order chi connectivity index (χ0) is 14.2. The molecular formula is C18H13NO2. The zero-order valence-electron chi connectivity index (χ0n) is 11.2. The van der Waals surface area contributed by atoms with Crippen LogP contribution in [-0.2, 0) is 0 Å². The Hall–Kier alpha value is -2.65. The van der Waals surface area contributed by atoms with Gasteiger partial charge in [0.15, 0.2) is 0 Å². The van der Waals surface area contributed by atoms with Crippen molar-refractivity contribution in [3.05, 3.63) is 78.2 Å². The molecule has 4 aromatic rings. The van der Waals surface area contributed by atoms with Gasteiger partial charge in [-0.05, 0) is 23.8 Å². The molecule has 2 aromatic heterocycles. The molecule has 0 saturated carbocycles. The van der Waals surface area contributed by atoms with E-state index in [9.17, 15) is 5.11 Å². The number of aromatic nitrogens is 1. The molecule has 1 atom stereocenters. The van der Waals surface area contributed by atoms with Crippen LogP contribution in [0.2, 0.25) is 0 Å². The second-order valence-electron chi connectivity index (χ2n) is 5.05. The van der Waals surface area contributed by atoms with Crippen molar-refractivity contribution in [3.8, 4) is 0 Å². The monoisotopic (exact) mass is 275 g/mol. The highest BCUT2D eigenvalue weighted by Gasteiger charge is 2.16. The first kappa shape index (κ1) is 12.1. The van der Waals surface area contributed by atoms with E-state index in [-0.39, 0.29) is 0 Å². The first-order chi connectivity index (χ1) is 10.3. The first-order valence-corrected chi connectivity index (χ1v) is 6.82. The molecule has 0 amide bonds. The predicted octanol–water partition coefficient (Wildman–Crippen LogP) is 4.06. The number of nitrogens with zero attached hydrogens (tertiary/aromatic N) is 1. The van der Waals surface area contributed by atoms with Gasteiger partial charge in [-0.25, -0.2) is 0 Å². The fraction of sp³-hybridized carbons (Fsp3) is 0.0556. The number of para-hydroxylation sites is 1. The van der Waals surface area contributed by atoms with Gasteiger partial charge >= 0.3 is 0 Å². The summed E-state index contributed by atoms with van der Waals surface area (Å²) in [6.45, 7) is 0. The average Bonchev–Trinajstić information content (AvgIpc) is 2.98. The Balaban J connectivity index is 1.83. The van der Waals surface area contributed by atoms with Crippen molar-refractivity contribution in [2.45, 2.75) is 6.10 Å². The fourth-order valence-electron chi connectivity index (χ4n) is 2.64. The number of benzene rings is 2. The Morgan fingerprint density at radius 2 is 1.90 bits per heavy atom. The Labute approximate surface area is 121 Å². The molecule has 0 aliphatic rings. The van der Waals surface area contributed by atoms with Crippen LogP contribution in [0.15, 0.2) is 71.5 Å². The molecule has 4 rings (SSSR count). The summed E-state index contributed by atoms with van der Waals surface area (Å²) in [6.07, 6.45) is 2.66. The van der Waals surface area contributed by atoms with Gasteiger partial charge in [0.1, 0.15) is 11.7 Å². The third-order valence-electron chi connectivity index (χ3n) is 3.75. The van der Waals surface area contributed by atoms with Gasteiger partial charge in [0.25, 0.3) is 0 Å². The number of rotatable bonds is 2. The summed E-state index contributed by atoms with van der Waals surface area (Å²) in [5.74, 6) is 0. The summed E-state index contributed by atoms with van der Waals surface area (Å²) in [5.41, 5.74) is 3.25. The van der Waals surface area contributed by atoms with E-state index in [1.165, 1.54) is 0 Å². The second kappa shape index (κ2) is 4.72. The lowest BCUT2D eigenvalue weighted by atomic mass is 10.00. The second-order valence-corrected chi connectivity index (χ2v) is 5.05. The molecule has 0 saturated heterocycles. The molecule has 0 aliphatic heterocycles. The Bertz CT molecular complexity index is 926. The topological polar surface area (TPSA) is 46.3 Å². The molecule has 2 aromatic carbocycles. The van der Waals surface area contributed by atoms with Crippen molar-refractivity contribution in [2.75, 3.05) is 0 Å². The van der Waals surface area contributed by atoms with Crippen LogP contribution in [0.5, 0.6) is 0 Å². The molecule has 1 unspecified atom stereocenters. The van der Waals surface area contributed by atoms with E-state index in [0.29, 0.717) is 0 Å². The molecule has 0 fully saturated rings. The van der Waals surface area contributed by atoms with Gasteiger partial charge in [-0.1, -0.05) is 36.4 Å². The number of aliphatic hydroxyl groups excluding tert-OH is 1. The molecule has 0 radical (unpaired) electrons. The third-order valence-corrected chi connectivity index (χ3v) is 3.75. The number of aliphatic hydroxyl groups is 1. The molecule has 1 N–H and O–H groups in total. The number of hydrogen-bond donors (Lipinski definition) is 1.